The van der Waals surface area contributed by atoms with E-state index in [1.165, 1.54) is 4.57 Å². The summed E-state index contributed by atoms with van der Waals surface area (Å²) >= 11 is 0. The number of carbonyl (C=O) groups excluding carboxylic acids is 2. The predicted octanol–water partition coefficient (Wildman–Crippen LogP) is 1.83. The molecule has 0 spiro atoms. The molecule has 1 atom stereocenters. The Bertz CT molecular complexity index is 1230. The molecule has 0 saturated carbocycles. The third kappa shape index (κ3) is 2.73. The van der Waals surface area contributed by atoms with E-state index in [-0.39, 0.29) is 13.1 Å². The molecule has 0 aliphatic carbocycles. The van der Waals surface area contributed by atoms with E-state index in [0.29, 0.717) is 41.4 Å². The van der Waals surface area contributed by atoms with Crippen molar-refractivity contribution < 1.29 is 23.5 Å². The zero-order valence-electron chi connectivity index (χ0n) is 16.2. The molecule has 0 unspecified atom stereocenters. The lowest BCUT2D eigenvalue weighted by Gasteiger charge is -2.25. The molecule has 1 fully saturated rings. The third-order valence-electron chi connectivity index (χ3n) is 5.52. The number of oxazole rings is 1. The summed E-state index contributed by atoms with van der Waals surface area (Å²) < 4.78 is 17.7. The average molecular weight is 409 g/mol. The zero-order chi connectivity index (χ0) is 20.9. The van der Waals surface area contributed by atoms with Crippen LogP contribution in [0.1, 0.15) is 12.5 Å². The predicted molar refractivity (Wildman–Crippen MR) is 106 cm³/mol. The number of ether oxygens (including phenoxy) is 2. The minimum Gasteiger partial charge on any atom is -0.486 e. The summed E-state index contributed by atoms with van der Waals surface area (Å²) in [6, 6.07) is 11.7. The molecule has 5 rings (SSSR count). The highest BCUT2D eigenvalue weighted by atomic mass is 16.6. The molecule has 3 aromatic rings. The van der Waals surface area contributed by atoms with E-state index in [2.05, 4.69) is 5.32 Å². The van der Waals surface area contributed by atoms with E-state index in [4.69, 9.17) is 13.9 Å². The van der Waals surface area contributed by atoms with E-state index in [0.717, 1.165) is 4.90 Å². The van der Waals surface area contributed by atoms with Gasteiger partial charge in [-0.15, -0.1) is 0 Å². The highest BCUT2D eigenvalue weighted by Gasteiger charge is 2.49. The van der Waals surface area contributed by atoms with Crippen LogP contribution in [-0.4, -0.2) is 41.2 Å². The first kappa shape index (κ1) is 18.3. The number of benzene rings is 2. The molecule has 9 heteroatoms. The first-order chi connectivity index (χ1) is 14.5. The first-order valence-corrected chi connectivity index (χ1v) is 9.60. The molecule has 3 amide bonds. The van der Waals surface area contributed by atoms with Gasteiger partial charge in [0.05, 0.1) is 5.52 Å². The second kappa shape index (κ2) is 6.65. The maximum atomic E-state index is 13.2. The van der Waals surface area contributed by atoms with Gasteiger partial charge in [0.25, 0.3) is 5.91 Å². The van der Waals surface area contributed by atoms with Gasteiger partial charge in [-0.1, -0.05) is 18.2 Å². The quantitative estimate of drug-likeness (QED) is 0.660. The smallest absolute Gasteiger partial charge is 0.420 e. The molecule has 1 aromatic heterocycles. The number of rotatable bonds is 4. The maximum Gasteiger partial charge on any atom is 0.420 e. The number of imide groups is 1. The van der Waals surface area contributed by atoms with Gasteiger partial charge in [-0.25, -0.2) is 9.59 Å². The van der Waals surface area contributed by atoms with Crippen LogP contribution in [0.15, 0.2) is 51.7 Å². The number of fused-ring (bicyclic) bond motifs is 2. The minimum absolute atomic E-state index is 0.0360. The van der Waals surface area contributed by atoms with Gasteiger partial charge in [0.15, 0.2) is 17.1 Å². The standard InChI is InChI=1S/C21H19N3O6/c1-21(13-6-7-16-17(12-13)29-11-10-28-16)18(25)24(19(26)22-21)9-8-23-14-4-2-3-5-15(14)30-20(23)27/h2-7,12H,8-11H2,1H3,(H,22,26)/t21-/m0/s1. The molecule has 3 heterocycles. The van der Waals surface area contributed by atoms with Crippen molar-refractivity contribution in [2.45, 2.75) is 19.0 Å². The lowest BCUT2D eigenvalue weighted by atomic mass is 9.91. The molecule has 9 nitrogen and oxygen atoms in total. The van der Waals surface area contributed by atoms with Crippen LogP contribution in [0.3, 0.4) is 0 Å². The minimum atomic E-state index is -1.24. The van der Waals surface area contributed by atoms with Gasteiger partial charge in [-0.05, 0) is 36.8 Å². The highest BCUT2D eigenvalue weighted by Crippen LogP contribution is 2.36. The van der Waals surface area contributed by atoms with E-state index in [1.807, 2.05) is 0 Å². The molecule has 2 aromatic carbocycles. The summed E-state index contributed by atoms with van der Waals surface area (Å²) in [5, 5.41) is 2.77. The molecule has 0 radical (unpaired) electrons. The largest absolute Gasteiger partial charge is 0.486 e. The Kier molecular flexibility index (Phi) is 4.05. The molecule has 2 aliphatic heterocycles. The number of para-hydroxylation sites is 2. The van der Waals surface area contributed by atoms with Crippen LogP contribution in [0, 0.1) is 0 Å². The van der Waals surface area contributed by atoms with Crippen molar-refractivity contribution in [2.24, 2.45) is 0 Å². The number of urea groups is 1. The van der Waals surface area contributed by atoms with Gasteiger partial charge in [0.2, 0.25) is 0 Å². The molecule has 30 heavy (non-hydrogen) atoms. The zero-order valence-corrected chi connectivity index (χ0v) is 16.2. The van der Waals surface area contributed by atoms with Crippen molar-refractivity contribution in [3.05, 3.63) is 58.6 Å². The number of hydrogen-bond donors (Lipinski definition) is 1. The van der Waals surface area contributed by atoms with Crippen LogP contribution in [0.5, 0.6) is 11.5 Å². The van der Waals surface area contributed by atoms with Crippen LogP contribution in [0.2, 0.25) is 0 Å². The normalized spacial score (nSPS) is 20.6. The number of hydrogen-bond acceptors (Lipinski definition) is 6. The second-order valence-electron chi connectivity index (χ2n) is 7.36. The lowest BCUT2D eigenvalue weighted by Crippen LogP contribution is -2.41. The topological polar surface area (TPSA) is 103 Å². The van der Waals surface area contributed by atoms with Gasteiger partial charge in [-0.3, -0.25) is 14.3 Å². The van der Waals surface area contributed by atoms with Crippen molar-refractivity contribution in [1.82, 2.24) is 14.8 Å². The van der Waals surface area contributed by atoms with Crippen LogP contribution in [0.25, 0.3) is 11.1 Å². The Hall–Kier alpha value is -3.75. The summed E-state index contributed by atoms with van der Waals surface area (Å²) in [7, 11) is 0. The molecule has 1 N–H and O–H groups in total. The Morgan fingerprint density at radius 2 is 1.77 bits per heavy atom. The molecule has 0 bridgehead atoms. The molecule has 2 aliphatic rings. The average Bonchev–Trinajstić information content (AvgIpc) is 3.19. The molecular formula is C21H19N3O6. The Morgan fingerprint density at radius 3 is 2.60 bits per heavy atom. The fourth-order valence-corrected chi connectivity index (χ4v) is 3.88. The summed E-state index contributed by atoms with van der Waals surface area (Å²) in [6.07, 6.45) is 0. The Balaban J connectivity index is 1.40. The first-order valence-electron chi connectivity index (χ1n) is 9.60. The lowest BCUT2D eigenvalue weighted by molar-refractivity contribution is -0.131. The van der Waals surface area contributed by atoms with Crippen LogP contribution >= 0.6 is 0 Å². The van der Waals surface area contributed by atoms with Gasteiger partial charge >= 0.3 is 11.8 Å². The van der Waals surface area contributed by atoms with Crippen LogP contribution < -0.4 is 20.5 Å². The van der Waals surface area contributed by atoms with Crippen molar-refractivity contribution in [3.63, 3.8) is 0 Å². The van der Waals surface area contributed by atoms with Crippen molar-refractivity contribution in [2.75, 3.05) is 19.8 Å². The van der Waals surface area contributed by atoms with E-state index in [9.17, 15) is 14.4 Å². The Labute approximate surface area is 170 Å². The summed E-state index contributed by atoms with van der Waals surface area (Å²) in [4.78, 5) is 39.0. The fraction of sp³-hybridized carbons (Fsp3) is 0.286. The number of nitrogens with one attached hydrogen (secondary N) is 1. The number of nitrogens with zero attached hydrogens (tertiary/aromatic N) is 2. The number of carbonyl (C=O) groups is 2. The van der Waals surface area contributed by atoms with E-state index < -0.39 is 23.2 Å². The summed E-state index contributed by atoms with van der Waals surface area (Å²) in [6.45, 7) is 2.71. The van der Waals surface area contributed by atoms with Crippen molar-refractivity contribution >= 4 is 23.0 Å². The summed E-state index contributed by atoms with van der Waals surface area (Å²) in [5.74, 6) is 0.216. The van der Waals surface area contributed by atoms with Crippen LogP contribution in [0.4, 0.5) is 4.79 Å². The van der Waals surface area contributed by atoms with Crippen LogP contribution in [-0.2, 0) is 16.9 Å². The van der Waals surface area contributed by atoms with Gasteiger partial charge in [-0.2, -0.15) is 0 Å². The monoisotopic (exact) mass is 409 g/mol. The molecule has 1 saturated heterocycles. The van der Waals surface area contributed by atoms with Gasteiger partial charge < -0.3 is 19.2 Å². The number of amides is 3. The van der Waals surface area contributed by atoms with Gasteiger partial charge in [0.1, 0.15) is 18.8 Å². The van der Waals surface area contributed by atoms with Crippen molar-refractivity contribution in [1.29, 1.82) is 0 Å². The number of aromatic nitrogens is 1. The molecule has 154 valence electrons. The maximum absolute atomic E-state index is 13.2. The fourth-order valence-electron chi connectivity index (χ4n) is 3.88. The highest BCUT2D eigenvalue weighted by molar-refractivity contribution is 6.07. The second-order valence-corrected chi connectivity index (χ2v) is 7.36. The van der Waals surface area contributed by atoms with Gasteiger partial charge in [0, 0.05) is 13.1 Å². The Morgan fingerprint density at radius 1 is 1.00 bits per heavy atom. The van der Waals surface area contributed by atoms with Crippen molar-refractivity contribution in [3.8, 4) is 11.5 Å². The molecular weight excluding hydrogens is 390 g/mol. The third-order valence-corrected chi connectivity index (χ3v) is 5.52. The van der Waals surface area contributed by atoms with E-state index in [1.54, 1.807) is 49.4 Å². The SMILES string of the molecule is C[C@@]1(c2ccc3c(c2)OCCO3)NC(=O)N(CCn2c(=O)oc3ccccc32)C1=O. The van der Waals surface area contributed by atoms with E-state index >= 15 is 0 Å². The summed E-state index contributed by atoms with van der Waals surface area (Å²) in [5.41, 5.74) is 0.430.